The first-order valence-corrected chi connectivity index (χ1v) is 11.2. The number of rotatable bonds is 5. The predicted octanol–water partition coefficient (Wildman–Crippen LogP) is 4.08. The van der Waals surface area contributed by atoms with Gasteiger partial charge < -0.3 is 14.4 Å². The molecule has 3 aromatic rings. The second-order valence-electron chi connectivity index (χ2n) is 7.55. The van der Waals surface area contributed by atoms with Crippen molar-refractivity contribution < 1.29 is 22.4 Å². The largest absolute Gasteiger partial charge is 0.416 e. The number of anilines is 1. The Morgan fingerprint density at radius 2 is 1.76 bits per heavy atom. The summed E-state index contributed by atoms with van der Waals surface area (Å²) in [7, 11) is 1.71. The number of carbonyl (C=O) groups excluding carboxylic acids is 1. The van der Waals surface area contributed by atoms with Gasteiger partial charge in [0.1, 0.15) is 5.82 Å². The van der Waals surface area contributed by atoms with Crippen molar-refractivity contribution in [3.63, 3.8) is 0 Å². The average molecular weight is 480 g/mol. The Labute approximate surface area is 192 Å². The van der Waals surface area contributed by atoms with Crippen LogP contribution in [0.1, 0.15) is 5.56 Å². The minimum atomic E-state index is -4.39. The lowest BCUT2D eigenvalue weighted by atomic mass is 10.1. The number of halogens is 4. The molecule has 0 bridgehead atoms. The fraction of sp³-hybridized carbons (Fsp3) is 0.318. The Morgan fingerprint density at radius 1 is 1.03 bits per heavy atom. The summed E-state index contributed by atoms with van der Waals surface area (Å²) in [4.78, 5) is 16.2. The van der Waals surface area contributed by atoms with E-state index in [-0.39, 0.29) is 11.7 Å². The molecule has 1 saturated heterocycles. The van der Waals surface area contributed by atoms with Crippen LogP contribution < -0.4 is 4.90 Å². The Balaban J connectivity index is 1.33. The van der Waals surface area contributed by atoms with E-state index in [4.69, 9.17) is 0 Å². The van der Waals surface area contributed by atoms with Gasteiger partial charge in [0.25, 0.3) is 0 Å². The number of piperazine rings is 1. The molecule has 1 aliphatic rings. The predicted molar refractivity (Wildman–Crippen MR) is 117 cm³/mol. The standard InChI is InChI=1S/C22H21F4N5OS/c1-29-20(17-7-2-3-8-18(17)23)27-28-21(29)33-14-19(32)31-11-9-30(10-12-31)16-6-4-5-15(13-16)22(24,25)26/h2-8,13H,9-12,14H2,1H3. The number of hydrogen-bond acceptors (Lipinski definition) is 5. The van der Waals surface area contributed by atoms with Crippen LogP contribution in [0.25, 0.3) is 11.4 Å². The van der Waals surface area contributed by atoms with Crippen LogP contribution in [0.15, 0.2) is 53.7 Å². The number of benzene rings is 2. The molecule has 33 heavy (non-hydrogen) atoms. The van der Waals surface area contributed by atoms with E-state index in [1.54, 1.807) is 40.8 Å². The summed E-state index contributed by atoms with van der Waals surface area (Å²) < 4.78 is 54.6. The first kappa shape index (κ1) is 23.1. The third kappa shape index (κ3) is 5.13. The third-order valence-corrected chi connectivity index (χ3v) is 6.45. The van der Waals surface area contributed by atoms with Crippen molar-refractivity contribution in [2.24, 2.45) is 7.05 Å². The lowest BCUT2D eigenvalue weighted by Gasteiger charge is -2.36. The molecule has 0 aliphatic carbocycles. The van der Waals surface area contributed by atoms with E-state index >= 15 is 0 Å². The minimum absolute atomic E-state index is 0.0980. The molecule has 1 amide bonds. The highest BCUT2D eigenvalue weighted by molar-refractivity contribution is 7.99. The summed E-state index contributed by atoms with van der Waals surface area (Å²) in [5.74, 6) is 0.00319. The number of hydrogen-bond donors (Lipinski definition) is 0. The lowest BCUT2D eigenvalue weighted by Crippen LogP contribution is -2.49. The average Bonchev–Trinajstić information content (AvgIpc) is 3.17. The maximum absolute atomic E-state index is 14.0. The van der Waals surface area contributed by atoms with Crippen molar-refractivity contribution in [1.29, 1.82) is 0 Å². The van der Waals surface area contributed by atoms with E-state index in [0.29, 0.717) is 48.4 Å². The molecule has 0 atom stereocenters. The zero-order valence-electron chi connectivity index (χ0n) is 17.7. The van der Waals surface area contributed by atoms with Gasteiger partial charge >= 0.3 is 6.18 Å². The van der Waals surface area contributed by atoms with Crippen molar-refractivity contribution in [1.82, 2.24) is 19.7 Å². The van der Waals surface area contributed by atoms with Crippen LogP contribution >= 0.6 is 11.8 Å². The molecule has 1 fully saturated rings. The Bertz CT molecular complexity index is 1140. The zero-order valence-corrected chi connectivity index (χ0v) is 18.5. The topological polar surface area (TPSA) is 54.3 Å². The van der Waals surface area contributed by atoms with Gasteiger partial charge in [-0.25, -0.2) is 4.39 Å². The van der Waals surface area contributed by atoms with Gasteiger partial charge in [0.05, 0.1) is 16.9 Å². The maximum atomic E-state index is 14.0. The highest BCUT2D eigenvalue weighted by Gasteiger charge is 2.31. The third-order valence-electron chi connectivity index (χ3n) is 5.45. The van der Waals surface area contributed by atoms with E-state index in [9.17, 15) is 22.4 Å². The summed E-state index contributed by atoms with van der Waals surface area (Å²) in [5, 5.41) is 8.60. The Kier molecular flexibility index (Phi) is 6.59. The summed E-state index contributed by atoms with van der Waals surface area (Å²) in [5.41, 5.74) is 0.135. The lowest BCUT2D eigenvalue weighted by molar-refractivity contribution is -0.137. The van der Waals surface area contributed by atoms with Crippen molar-refractivity contribution in [3.8, 4) is 11.4 Å². The van der Waals surface area contributed by atoms with Gasteiger partial charge in [0.15, 0.2) is 11.0 Å². The molecular formula is C22H21F4N5OS. The van der Waals surface area contributed by atoms with Crippen molar-refractivity contribution in [2.75, 3.05) is 36.8 Å². The molecule has 0 N–H and O–H groups in total. The molecule has 6 nitrogen and oxygen atoms in total. The molecule has 1 aliphatic heterocycles. The fourth-order valence-electron chi connectivity index (χ4n) is 3.63. The molecule has 0 spiro atoms. The first-order valence-electron chi connectivity index (χ1n) is 10.2. The van der Waals surface area contributed by atoms with Gasteiger partial charge in [0.2, 0.25) is 5.91 Å². The monoisotopic (exact) mass is 479 g/mol. The number of alkyl halides is 3. The summed E-state index contributed by atoms with van der Waals surface area (Å²) in [6.07, 6.45) is -4.39. The molecular weight excluding hydrogens is 458 g/mol. The van der Waals surface area contributed by atoms with Crippen LogP contribution in [0.4, 0.5) is 23.2 Å². The number of thioether (sulfide) groups is 1. The van der Waals surface area contributed by atoms with Crippen molar-refractivity contribution in [3.05, 3.63) is 59.9 Å². The van der Waals surface area contributed by atoms with Crippen LogP contribution in [-0.2, 0) is 18.0 Å². The van der Waals surface area contributed by atoms with Crippen LogP contribution in [0.5, 0.6) is 0 Å². The quantitative estimate of drug-likeness (QED) is 0.408. The summed E-state index contributed by atoms with van der Waals surface area (Å²) in [6.45, 7) is 1.71. The van der Waals surface area contributed by atoms with E-state index < -0.39 is 17.6 Å². The summed E-state index contributed by atoms with van der Waals surface area (Å²) >= 11 is 1.21. The van der Waals surface area contributed by atoms with E-state index in [1.165, 1.54) is 23.9 Å². The normalized spacial score (nSPS) is 14.6. The zero-order chi connectivity index (χ0) is 23.6. The highest BCUT2D eigenvalue weighted by atomic mass is 32.2. The fourth-order valence-corrected chi connectivity index (χ4v) is 4.44. The van der Waals surface area contributed by atoms with Crippen LogP contribution in [-0.4, -0.2) is 57.5 Å². The van der Waals surface area contributed by atoms with Crippen molar-refractivity contribution in [2.45, 2.75) is 11.3 Å². The molecule has 2 heterocycles. The number of amides is 1. The maximum Gasteiger partial charge on any atom is 0.416 e. The Hall–Kier alpha value is -3.08. The molecule has 0 unspecified atom stereocenters. The molecule has 1 aromatic heterocycles. The van der Waals surface area contributed by atoms with Crippen LogP contribution in [0.3, 0.4) is 0 Å². The summed E-state index contributed by atoms with van der Waals surface area (Å²) in [6, 6.07) is 11.5. The van der Waals surface area contributed by atoms with Crippen molar-refractivity contribution >= 4 is 23.4 Å². The van der Waals surface area contributed by atoms with E-state index in [0.717, 1.165) is 12.1 Å². The molecule has 0 saturated carbocycles. The number of nitrogens with zero attached hydrogens (tertiary/aromatic N) is 5. The first-order chi connectivity index (χ1) is 15.7. The van der Waals surface area contributed by atoms with Gasteiger partial charge in [0, 0.05) is 38.9 Å². The molecule has 2 aromatic carbocycles. The number of carbonyl (C=O) groups is 1. The molecule has 0 radical (unpaired) electrons. The van der Waals surface area contributed by atoms with E-state index in [1.807, 2.05) is 4.90 Å². The molecule has 11 heteroatoms. The smallest absolute Gasteiger partial charge is 0.368 e. The SMILES string of the molecule is Cn1c(SCC(=O)N2CCN(c3cccc(C(F)(F)F)c3)CC2)nnc1-c1ccccc1F. The van der Waals surface area contributed by atoms with Gasteiger partial charge in [-0.1, -0.05) is 30.0 Å². The second-order valence-corrected chi connectivity index (χ2v) is 8.49. The molecule has 4 rings (SSSR count). The molecule has 174 valence electrons. The minimum Gasteiger partial charge on any atom is -0.368 e. The van der Waals surface area contributed by atoms with Gasteiger partial charge in [-0.3, -0.25) is 4.79 Å². The number of aromatic nitrogens is 3. The van der Waals surface area contributed by atoms with Gasteiger partial charge in [-0.15, -0.1) is 10.2 Å². The van der Waals surface area contributed by atoms with Crippen LogP contribution in [0, 0.1) is 5.82 Å². The Morgan fingerprint density at radius 3 is 2.45 bits per heavy atom. The highest BCUT2D eigenvalue weighted by Crippen LogP contribution is 2.32. The van der Waals surface area contributed by atoms with Gasteiger partial charge in [-0.2, -0.15) is 13.2 Å². The van der Waals surface area contributed by atoms with Crippen LogP contribution in [0.2, 0.25) is 0 Å². The van der Waals surface area contributed by atoms with E-state index in [2.05, 4.69) is 10.2 Å². The second kappa shape index (κ2) is 9.42. The van der Waals surface area contributed by atoms with Gasteiger partial charge in [-0.05, 0) is 30.3 Å².